The van der Waals surface area contributed by atoms with E-state index in [0.717, 1.165) is 13.0 Å². The summed E-state index contributed by atoms with van der Waals surface area (Å²) in [6.07, 6.45) is 3.57. The van der Waals surface area contributed by atoms with Gasteiger partial charge in [0, 0.05) is 24.9 Å². The van der Waals surface area contributed by atoms with Gasteiger partial charge in [0.2, 0.25) is 5.91 Å². The molecule has 18 heavy (non-hydrogen) atoms. The molecule has 0 aliphatic heterocycles. The van der Waals surface area contributed by atoms with Gasteiger partial charge in [-0.05, 0) is 44.0 Å². The highest BCUT2D eigenvalue weighted by Gasteiger charge is 2.08. The van der Waals surface area contributed by atoms with E-state index in [2.05, 4.69) is 35.8 Å². The first-order valence-electron chi connectivity index (χ1n) is 6.19. The van der Waals surface area contributed by atoms with Crippen LogP contribution in [0.25, 0.3) is 0 Å². The number of hydrogen-bond donors (Lipinski definition) is 1. The van der Waals surface area contributed by atoms with Gasteiger partial charge in [-0.25, -0.2) is 0 Å². The molecule has 0 aliphatic carbocycles. The second kappa shape index (κ2) is 8.16. The van der Waals surface area contributed by atoms with Crippen molar-refractivity contribution < 1.29 is 4.79 Å². The summed E-state index contributed by atoms with van der Waals surface area (Å²) < 4.78 is 0. The van der Waals surface area contributed by atoms with E-state index in [1.165, 1.54) is 10.5 Å². The fourth-order valence-electron chi connectivity index (χ4n) is 1.70. The fourth-order valence-corrected chi connectivity index (χ4v) is 2.11. The zero-order valence-corrected chi connectivity index (χ0v) is 12.2. The van der Waals surface area contributed by atoms with Gasteiger partial charge in [-0.1, -0.05) is 12.1 Å². The number of benzene rings is 1. The van der Waals surface area contributed by atoms with E-state index in [1.54, 1.807) is 16.7 Å². The van der Waals surface area contributed by atoms with Gasteiger partial charge < -0.3 is 10.2 Å². The summed E-state index contributed by atoms with van der Waals surface area (Å²) in [5, 5.41) is 3.05. The van der Waals surface area contributed by atoms with Crippen molar-refractivity contribution in [2.75, 3.05) is 26.9 Å². The Hall–Kier alpha value is -1.00. The lowest BCUT2D eigenvalue weighted by Gasteiger charge is -2.17. The van der Waals surface area contributed by atoms with Crippen LogP contribution >= 0.6 is 11.8 Å². The lowest BCUT2D eigenvalue weighted by Crippen LogP contribution is -2.26. The Morgan fingerprint density at radius 1 is 1.33 bits per heavy atom. The van der Waals surface area contributed by atoms with Crippen molar-refractivity contribution in [3.05, 3.63) is 29.8 Å². The third-order valence-corrected chi connectivity index (χ3v) is 3.57. The van der Waals surface area contributed by atoms with Crippen LogP contribution in [0.15, 0.2) is 29.2 Å². The van der Waals surface area contributed by atoms with Gasteiger partial charge in [-0.2, -0.15) is 0 Å². The molecule has 100 valence electrons. The van der Waals surface area contributed by atoms with Crippen LogP contribution in [0.3, 0.4) is 0 Å². The normalized spacial score (nSPS) is 10.4. The lowest BCUT2D eigenvalue weighted by atomic mass is 10.2. The Morgan fingerprint density at radius 2 is 2.00 bits per heavy atom. The van der Waals surface area contributed by atoms with E-state index in [4.69, 9.17) is 0 Å². The van der Waals surface area contributed by atoms with Crippen LogP contribution in [-0.2, 0) is 11.3 Å². The molecule has 1 N–H and O–H groups in total. The van der Waals surface area contributed by atoms with Gasteiger partial charge in [0.05, 0.1) is 0 Å². The second-order valence-corrected chi connectivity index (χ2v) is 5.18. The maximum Gasteiger partial charge on any atom is 0.222 e. The quantitative estimate of drug-likeness (QED) is 0.607. The van der Waals surface area contributed by atoms with Crippen LogP contribution in [0.1, 0.15) is 18.4 Å². The standard InChI is InChI=1S/C14H22N2OS/c1-15-10-4-5-14(17)16(2)11-12-6-8-13(18-3)9-7-12/h6-9,15H,4-5,10-11H2,1-3H3. The van der Waals surface area contributed by atoms with Crippen LogP contribution in [0, 0.1) is 0 Å². The molecule has 3 nitrogen and oxygen atoms in total. The average Bonchev–Trinajstić information content (AvgIpc) is 2.39. The van der Waals surface area contributed by atoms with E-state index < -0.39 is 0 Å². The Balaban J connectivity index is 2.42. The predicted octanol–water partition coefficient (Wildman–Crippen LogP) is 2.37. The van der Waals surface area contributed by atoms with E-state index in [-0.39, 0.29) is 5.91 Å². The van der Waals surface area contributed by atoms with Crippen LogP contribution in [-0.4, -0.2) is 37.7 Å². The first kappa shape index (κ1) is 15.1. The monoisotopic (exact) mass is 266 g/mol. The number of nitrogens with zero attached hydrogens (tertiary/aromatic N) is 1. The van der Waals surface area contributed by atoms with E-state index >= 15 is 0 Å². The third-order valence-electron chi connectivity index (χ3n) is 2.82. The number of carbonyl (C=O) groups is 1. The molecule has 0 aromatic heterocycles. The van der Waals surface area contributed by atoms with Crippen molar-refractivity contribution in [3.8, 4) is 0 Å². The molecule has 0 fully saturated rings. The topological polar surface area (TPSA) is 32.3 Å². The number of carbonyl (C=O) groups excluding carboxylic acids is 1. The number of amides is 1. The van der Waals surface area contributed by atoms with Gasteiger partial charge in [0.25, 0.3) is 0 Å². The zero-order chi connectivity index (χ0) is 13.4. The fraction of sp³-hybridized carbons (Fsp3) is 0.500. The zero-order valence-electron chi connectivity index (χ0n) is 11.4. The van der Waals surface area contributed by atoms with Gasteiger partial charge in [-0.3, -0.25) is 4.79 Å². The molecule has 0 atom stereocenters. The molecule has 0 saturated heterocycles. The minimum absolute atomic E-state index is 0.208. The maximum atomic E-state index is 11.8. The van der Waals surface area contributed by atoms with Crippen molar-refractivity contribution in [1.82, 2.24) is 10.2 Å². The highest BCUT2D eigenvalue weighted by atomic mass is 32.2. The summed E-state index contributed by atoms with van der Waals surface area (Å²) in [4.78, 5) is 14.9. The Bertz CT molecular complexity index is 365. The van der Waals surface area contributed by atoms with Crippen LogP contribution < -0.4 is 5.32 Å². The molecule has 0 aliphatic rings. The molecular formula is C14H22N2OS. The highest BCUT2D eigenvalue weighted by molar-refractivity contribution is 7.98. The van der Waals surface area contributed by atoms with Gasteiger partial charge in [0.15, 0.2) is 0 Å². The number of thioether (sulfide) groups is 1. The number of rotatable bonds is 7. The van der Waals surface area contributed by atoms with Crippen molar-refractivity contribution in [1.29, 1.82) is 0 Å². The molecule has 1 aromatic carbocycles. The molecule has 1 amide bonds. The molecule has 4 heteroatoms. The third kappa shape index (κ3) is 5.10. The molecule has 0 radical (unpaired) electrons. The summed E-state index contributed by atoms with van der Waals surface area (Å²) in [6, 6.07) is 8.37. The van der Waals surface area contributed by atoms with Crippen LogP contribution in [0.5, 0.6) is 0 Å². The molecule has 0 saturated carbocycles. The molecule has 1 aromatic rings. The van der Waals surface area contributed by atoms with Crippen LogP contribution in [0.4, 0.5) is 0 Å². The minimum atomic E-state index is 0.208. The van der Waals surface area contributed by atoms with Crippen LogP contribution in [0.2, 0.25) is 0 Å². The van der Waals surface area contributed by atoms with Crippen molar-refractivity contribution >= 4 is 17.7 Å². The lowest BCUT2D eigenvalue weighted by molar-refractivity contribution is -0.130. The van der Waals surface area contributed by atoms with Crippen molar-refractivity contribution in [2.24, 2.45) is 0 Å². The summed E-state index contributed by atoms with van der Waals surface area (Å²) >= 11 is 1.73. The van der Waals surface area contributed by atoms with Crippen molar-refractivity contribution in [3.63, 3.8) is 0 Å². The Morgan fingerprint density at radius 3 is 2.56 bits per heavy atom. The average molecular weight is 266 g/mol. The minimum Gasteiger partial charge on any atom is -0.341 e. The Kier molecular flexibility index (Phi) is 6.83. The number of hydrogen-bond acceptors (Lipinski definition) is 3. The van der Waals surface area contributed by atoms with Gasteiger partial charge in [0.1, 0.15) is 0 Å². The largest absolute Gasteiger partial charge is 0.341 e. The smallest absolute Gasteiger partial charge is 0.222 e. The molecule has 0 bridgehead atoms. The summed E-state index contributed by atoms with van der Waals surface area (Å²) in [5.74, 6) is 0.208. The summed E-state index contributed by atoms with van der Waals surface area (Å²) in [7, 11) is 3.77. The molecule has 0 unspecified atom stereocenters. The van der Waals surface area contributed by atoms with E-state index in [1.807, 2.05) is 14.1 Å². The Labute approximate surface area is 114 Å². The van der Waals surface area contributed by atoms with E-state index in [9.17, 15) is 4.79 Å². The molecule has 0 spiro atoms. The second-order valence-electron chi connectivity index (χ2n) is 4.30. The molecular weight excluding hydrogens is 244 g/mol. The van der Waals surface area contributed by atoms with Crippen molar-refractivity contribution in [2.45, 2.75) is 24.3 Å². The summed E-state index contributed by atoms with van der Waals surface area (Å²) in [5.41, 5.74) is 1.18. The molecule has 0 heterocycles. The maximum absolute atomic E-state index is 11.8. The SMILES string of the molecule is CNCCCC(=O)N(C)Cc1ccc(SC)cc1. The first-order valence-corrected chi connectivity index (χ1v) is 7.41. The molecule has 1 rings (SSSR count). The summed E-state index contributed by atoms with van der Waals surface area (Å²) in [6.45, 7) is 1.58. The first-order chi connectivity index (χ1) is 8.67. The number of nitrogens with one attached hydrogen (secondary N) is 1. The van der Waals surface area contributed by atoms with Gasteiger partial charge in [-0.15, -0.1) is 11.8 Å². The highest BCUT2D eigenvalue weighted by Crippen LogP contribution is 2.15. The van der Waals surface area contributed by atoms with E-state index in [0.29, 0.717) is 13.0 Å². The van der Waals surface area contributed by atoms with Gasteiger partial charge >= 0.3 is 0 Å². The predicted molar refractivity (Wildman–Crippen MR) is 77.9 cm³/mol.